The molecule has 36 heavy (non-hydrogen) atoms. The zero-order chi connectivity index (χ0) is 25.1. The van der Waals surface area contributed by atoms with Crippen molar-refractivity contribution in [3.63, 3.8) is 0 Å². The van der Waals surface area contributed by atoms with Crippen LogP contribution < -0.4 is 4.74 Å². The summed E-state index contributed by atoms with van der Waals surface area (Å²) in [4.78, 5) is 34.5. The maximum absolute atomic E-state index is 12.4. The summed E-state index contributed by atoms with van der Waals surface area (Å²) in [6.45, 7) is -0.109. The van der Waals surface area contributed by atoms with Crippen LogP contribution in [-0.4, -0.2) is 23.8 Å². The summed E-state index contributed by atoms with van der Waals surface area (Å²) in [6.07, 6.45) is 4.78. The van der Waals surface area contributed by atoms with E-state index in [1.54, 1.807) is 19.2 Å². The molecule has 1 unspecified atom stereocenters. The van der Waals surface area contributed by atoms with Crippen LogP contribution in [0.1, 0.15) is 43.2 Å². The number of nitro benzene ring substituents is 1. The average molecular weight is 516 g/mol. The normalized spacial score (nSPS) is 33.8. The summed E-state index contributed by atoms with van der Waals surface area (Å²) < 4.78 is 16.7. The lowest BCUT2D eigenvalue weighted by molar-refractivity contribution is -0.645. The molecule has 2 aromatic rings. The van der Waals surface area contributed by atoms with E-state index in [9.17, 15) is 14.9 Å². The molecule has 10 heteroatoms. The van der Waals surface area contributed by atoms with E-state index in [1.807, 2.05) is 6.07 Å². The molecule has 5 aliphatic rings. The highest BCUT2D eigenvalue weighted by Gasteiger charge is 2.76. The number of benzene rings is 2. The lowest BCUT2D eigenvalue weighted by Gasteiger charge is -2.68. The van der Waals surface area contributed by atoms with E-state index in [1.165, 1.54) is 30.7 Å². The largest absolute Gasteiger partial charge is 0.514 e. The van der Waals surface area contributed by atoms with Crippen LogP contribution in [0, 0.1) is 33.8 Å². The number of nitrogens with zero attached hydrogens (tertiary/aromatic N) is 1. The third-order valence-electron chi connectivity index (χ3n) is 8.46. The molecule has 1 atom stereocenters. The number of non-ortho nitro benzene ring substituents is 1. The van der Waals surface area contributed by atoms with Crippen molar-refractivity contribution in [2.24, 2.45) is 23.7 Å². The van der Waals surface area contributed by atoms with Crippen molar-refractivity contribution in [1.82, 2.24) is 0 Å². The standard InChI is InChI=1S/C26H26ClNO8/c1-32-26(25(35-36-26)19-9-16-8-17(11-19)12-20(25)10-16)18-4-7-22(27)23(13-18)34-24(29)33-14-15-2-5-21(6-3-15)28(30)31/h2-7,13,16-17,19-20H,8-12,14H2,1H3. The molecular formula is C26H26ClNO8. The fourth-order valence-electron chi connectivity index (χ4n) is 7.12. The zero-order valence-electron chi connectivity index (χ0n) is 19.7. The summed E-state index contributed by atoms with van der Waals surface area (Å²) in [6, 6.07) is 10.8. The van der Waals surface area contributed by atoms with Crippen LogP contribution in [0.4, 0.5) is 10.5 Å². The molecule has 4 aliphatic carbocycles. The van der Waals surface area contributed by atoms with Gasteiger partial charge in [-0.1, -0.05) is 17.7 Å². The Balaban J connectivity index is 1.20. The van der Waals surface area contributed by atoms with E-state index in [4.69, 9.17) is 35.6 Å². The Kier molecular flexibility index (Phi) is 5.71. The number of ether oxygens (including phenoxy) is 3. The van der Waals surface area contributed by atoms with Crippen molar-refractivity contribution in [3.8, 4) is 5.75 Å². The van der Waals surface area contributed by atoms with Crippen LogP contribution in [0.2, 0.25) is 5.02 Å². The minimum absolute atomic E-state index is 0.0453. The van der Waals surface area contributed by atoms with Gasteiger partial charge < -0.3 is 14.2 Å². The van der Waals surface area contributed by atoms with Gasteiger partial charge in [-0.2, -0.15) is 4.89 Å². The molecule has 0 amide bonds. The SMILES string of the molecule is COC1(c2ccc(Cl)c(OC(=O)OCc3ccc([N+](=O)[O-])cc3)c2)OOC12C1CC3CC(C1)CC2C3. The van der Waals surface area contributed by atoms with Crippen molar-refractivity contribution < 1.29 is 33.7 Å². The first-order valence-corrected chi connectivity index (χ1v) is 12.5. The Labute approximate surface area is 212 Å². The highest BCUT2D eigenvalue weighted by Crippen LogP contribution is 2.69. The van der Waals surface area contributed by atoms with Crippen molar-refractivity contribution in [2.45, 2.75) is 50.1 Å². The van der Waals surface area contributed by atoms with Crippen LogP contribution in [-0.2, 0) is 31.6 Å². The second-order valence-corrected chi connectivity index (χ2v) is 10.7. The van der Waals surface area contributed by atoms with Gasteiger partial charge in [0.05, 0.1) is 9.95 Å². The smallest absolute Gasteiger partial charge is 0.429 e. The highest BCUT2D eigenvalue weighted by atomic mass is 35.5. The average Bonchev–Trinajstić information content (AvgIpc) is 2.84. The van der Waals surface area contributed by atoms with Gasteiger partial charge in [0.25, 0.3) is 11.5 Å². The molecule has 9 nitrogen and oxygen atoms in total. The Morgan fingerprint density at radius 2 is 1.72 bits per heavy atom. The molecule has 4 bridgehead atoms. The van der Waals surface area contributed by atoms with Crippen LogP contribution >= 0.6 is 11.6 Å². The quantitative estimate of drug-likeness (QED) is 0.153. The van der Waals surface area contributed by atoms with Crippen molar-refractivity contribution in [1.29, 1.82) is 0 Å². The Morgan fingerprint density at radius 1 is 1.06 bits per heavy atom. The number of methoxy groups -OCH3 is 1. The van der Waals surface area contributed by atoms with Crippen LogP contribution in [0.25, 0.3) is 0 Å². The fraction of sp³-hybridized carbons (Fsp3) is 0.500. The third kappa shape index (κ3) is 3.52. The van der Waals surface area contributed by atoms with Gasteiger partial charge in [-0.05, 0) is 85.6 Å². The number of halogens is 1. The predicted octanol–water partition coefficient (Wildman–Crippen LogP) is 5.92. The molecule has 190 valence electrons. The summed E-state index contributed by atoms with van der Waals surface area (Å²) in [5, 5.41) is 11.0. The lowest BCUT2D eigenvalue weighted by Crippen LogP contribution is -2.76. The second kappa shape index (κ2) is 8.69. The summed E-state index contributed by atoms with van der Waals surface area (Å²) >= 11 is 6.35. The van der Waals surface area contributed by atoms with Gasteiger partial charge in [-0.25, -0.2) is 9.68 Å². The van der Waals surface area contributed by atoms with Gasteiger partial charge in [-0.3, -0.25) is 10.1 Å². The summed E-state index contributed by atoms with van der Waals surface area (Å²) in [7, 11) is 1.61. The Morgan fingerprint density at radius 3 is 2.28 bits per heavy atom. The number of carbonyl (C=O) groups excluding carboxylic acids is 1. The van der Waals surface area contributed by atoms with Crippen molar-refractivity contribution in [2.75, 3.05) is 7.11 Å². The maximum Gasteiger partial charge on any atom is 0.514 e. The minimum Gasteiger partial charge on any atom is -0.429 e. The van der Waals surface area contributed by atoms with E-state index in [2.05, 4.69) is 0 Å². The van der Waals surface area contributed by atoms with Gasteiger partial charge in [0.15, 0.2) is 11.4 Å². The fourth-order valence-corrected chi connectivity index (χ4v) is 7.27. The monoisotopic (exact) mass is 515 g/mol. The van der Waals surface area contributed by atoms with E-state index < -0.39 is 22.5 Å². The van der Waals surface area contributed by atoms with Crippen molar-refractivity contribution in [3.05, 3.63) is 68.7 Å². The minimum atomic E-state index is -1.11. The van der Waals surface area contributed by atoms with Gasteiger partial charge in [0.2, 0.25) is 0 Å². The number of hydrogen-bond acceptors (Lipinski definition) is 8. The van der Waals surface area contributed by atoms with Crippen molar-refractivity contribution >= 4 is 23.4 Å². The summed E-state index contributed by atoms with van der Waals surface area (Å²) in [5.74, 6) is 1.18. The molecule has 1 saturated heterocycles. The topological polar surface area (TPSA) is 106 Å². The number of rotatable bonds is 6. The molecule has 7 rings (SSSR count). The number of hydrogen-bond donors (Lipinski definition) is 0. The first-order chi connectivity index (χ1) is 17.3. The van der Waals surface area contributed by atoms with Gasteiger partial charge in [-0.15, -0.1) is 0 Å². The predicted molar refractivity (Wildman–Crippen MR) is 126 cm³/mol. The van der Waals surface area contributed by atoms with Crippen LogP contribution in [0.5, 0.6) is 5.75 Å². The first kappa shape index (κ1) is 23.7. The second-order valence-electron chi connectivity index (χ2n) is 10.3. The molecule has 1 spiro atoms. The molecular weight excluding hydrogens is 490 g/mol. The maximum atomic E-state index is 12.4. The Bertz CT molecular complexity index is 1170. The molecule has 0 N–H and O–H groups in total. The number of carbonyl (C=O) groups is 1. The van der Waals surface area contributed by atoms with Gasteiger partial charge in [0.1, 0.15) is 6.61 Å². The molecule has 1 heterocycles. The van der Waals surface area contributed by atoms with Crippen LogP contribution in [0.15, 0.2) is 42.5 Å². The van der Waals surface area contributed by atoms with E-state index >= 15 is 0 Å². The first-order valence-electron chi connectivity index (χ1n) is 12.1. The molecule has 2 aromatic carbocycles. The molecule has 0 radical (unpaired) electrons. The molecule has 1 aliphatic heterocycles. The van der Waals surface area contributed by atoms with Gasteiger partial charge in [0, 0.05) is 24.8 Å². The highest BCUT2D eigenvalue weighted by molar-refractivity contribution is 6.32. The number of nitro groups is 1. The molecule has 5 fully saturated rings. The van der Waals surface area contributed by atoms with Crippen LogP contribution in [0.3, 0.4) is 0 Å². The summed E-state index contributed by atoms with van der Waals surface area (Å²) in [5.41, 5.74) is 0.637. The zero-order valence-corrected chi connectivity index (χ0v) is 20.4. The van der Waals surface area contributed by atoms with E-state index in [0.29, 0.717) is 23.0 Å². The lowest BCUT2D eigenvalue weighted by atomic mass is 9.47. The van der Waals surface area contributed by atoms with Gasteiger partial charge >= 0.3 is 6.16 Å². The third-order valence-corrected chi connectivity index (χ3v) is 8.77. The molecule has 4 saturated carbocycles. The van der Waals surface area contributed by atoms with E-state index in [-0.39, 0.29) is 23.1 Å². The molecule has 0 aromatic heterocycles. The Hall–Kier alpha value is -2.72. The van der Waals surface area contributed by atoms with E-state index in [0.717, 1.165) is 37.5 Å².